The number of aromatic amines is 1. The Morgan fingerprint density at radius 1 is 1.35 bits per heavy atom. The molecule has 0 amide bonds. The number of aromatic nitrogens is 3. The minimum absolute atomic E-state index is 0.141. The van der Waals surface area contributed by atoms with E-state index in [1.165, 1.54) is 0 Å². The van der Waals surface area contributed by atoms with E-state index in [-0.39, 0.29) is 18.3 Å². The van der Waals surface area contributed by atoms with Crippen molar-refractivity contribution in [3.63, 3.8) is 0 Å². The lowest BCUT2D eigenvalue weighted by Gasteiger charge is -2.17. The molecule has 1 aromatic carbocycles. The summed E-state index contributed by atoms with van der Waals surface area (Å²) >= 11 is 6.13. The van der Waals surface area contributed by atoms with Crippen molar-refractivity contribution in [2.75, 3.05) is 6.61 Å². The van der Waals surface area contributed by atoms with Crippen molar-refractivity contribution >= 4 is 28.5 Å². The van der Waals surface area contributed by atoms with E-state index in [1.807, 2.05) is 30.3 Å². The standard InChI is InChI=1S/C17H16ClN3O2/c1-2-23-16(22)9-13(12-4-3-7-19-10-12)11-5-6-15-14(8-11)17(18)21-20-15/h3-8,10,13H,2,9H2,1H3,(H,20,21). The molecule has 0 fully saturated rings. The molecule has 0 radical (unpaired) electrons. The number of rotatable bonds is 5. The molecule has 3 aromatic rings. The summed E-state index contributed by atoms with van der Waals surface area (Å²) < 4.78 is 5.11. The topological polar surface area (TPSA) is 67.9 Å². The number of halogens is 1. The number of pyridine rings is 1. The number of hydrogen-bond donors (Lipinski definition) is 1. The number of H-pyrrole nitrogens is 1. The minimum Gasteiger partial charge on any atom is -0.466 e. The molecule has 0 spiro atoms. The van der Waals surface area contributed by atoms with Gasteiger partial charge in [-0.2, -0.15) is 5.10 Å². The number of benzene rings is 1. The van der Waals surface area contributed by atoms with E-state index < -0.39 is 0 Å². The molecule has 23 heavy (non-hydrogen) atoms. The van der Waals surface area contributed by atoms with E-state index in [1.54, 1.807) is 19.3 Å². The third kappa shape index (κ3) is 3.35. The first-order valence-corrected chi connectivity index (χ1v) is 7.76. The van der Waals surface area contributed by atoms with E-state index in [9.17, 15) is 4.79 Å². The lowest BCUT2D eigenvalue weighted by Crippen LogP contribution is -2.12. The van der Waals surface area contributed by atoms with Crippen molar-refractivity contribution in [1.82, 2.24) is 15.2 Å². The second-order valence-corrected chi connectivity index (χ2v) is 5.54. The Hall–Kier alpha value is -2.40. The molecule has 0 saturated carbocycles. The highest BCUT2D eigenvalue weighted by Gasteiger charge is 2.20. The maximum atomic E-state index is 12.0. The fraction of sp³-hybridized carbons (Fsp3) is 0.235. The summed E-state index contributed by atoms with van der Waals surface area (Å²) in [7, 11) is 0. The van der Waals surface area contributed by atoms with Gasteiger partial charge in [0.15, 0.2) is 0 Å². The van der Waals surface area contributed by atoms with Crippen molar-refractivity contribution in [2.45, 2.75) is 19.3 Å². The van der Waals surface area contributed by atoms with Crippen LogP contribution in [0.5, 0.6) is 0 Å². The molecular weight excluding hydrogens is 314 g/mol. The molecule has 0 saturated heterocycles. The molecule has 2 aromatic heterocycles. The zero-order chi connectivity index (χ0) is 16.2. The van der Waals surface area contributed by atoms with Crippen LogP contribution in [0.2, 0.25) is 5.15 Å². The summed E-state index contributed by atoms with van der Waals surface area (Å²) in [6, 6.07) is 9.62. The van der Waals surface area contributed by atoms with Crippen molar-refractivity contribution in [3.8, 4) is 0 Å². The fourth-order valence-electron chi connectivity index (χ4n) is 2.61. The van der Waals surface area contributed by atoms with Crippen LogP contribution in [0.3, 0.4) is 0 Å². The van der Waals surface area contributed by atoms with Gasteiger partial charge in [0.05, 0.1) is 18.5 Å². The molecule has 0 bridgehead atoms. The van der Waals surface area contributed by atoms with E-state index >= 15 is 0 Å². The molecule has 1 N–H and O–H groups in total. The number of nitrogens with zero attached hydrogens (tertiary/aromatic N) is 2. The fourth-order valence-corrected chi connectivity index (χ4v) is 2.80. The zero-order valence-electron chi connectivity index (χ0n) is 12.6. The van der Waals surface area contributed by atoms with Gasteiger partial charge in [-0.3, -0.25) is 14.9 Å². The third-order valence-corrected chi connectivity index (χ3v) is 3.98. The third-order valence-electron chi connectivity index (χ3n) is 3.70. The van der Waals surface area contributed by atoms with Crippen LogP contribution in [-0.2, 0) is 9.53 Å². The molecule has 118 valence electrons. The number of ether oxygens (including phenoxy) is 1. The van der Waals surface area contributed by atoms with Gasteiger partial charge in [-0.05, 0) is 36.2 Å². The van der Waals surface area contributed by atoms with Gasteiger partial charge >= 0.3 is 5.97 Å². The van der Waals surface area contributed by atoms with Crippen LogP contribution in [0, 0.1) is 0 Å². The van der Waals surface area contributed by atoms with Gasteiger partial charge in [-0.25, -0.2) is 0 Å². The first-order chi connectivity index (χ1) is 11.2. The summed E-state index contributed by atoms with van der Waals surface area (Å²) in [6.45, 7) is 2.17. The predicted molar refractivity (Wildman–Crippen MR) is 88.4 cm³/mol. The van der Waals surface area contributed by atoms with Gasteiger partial charge in [0.25, 0.3) is 0 Å². The summed E-state index contributed by atoms with van der Waals surface area (Å²) in [5.74, 6) is -0.377. The lowest BCUT2D eigenvalue weighted by atomic mass is 9.89. The van der Waals surface area contributed by atoms with Crippen molar-refractivity contribution in [2.24, 2.45) is 0 Å². The molecule has 0 aliphatic rings. The Labute approximate surface area is 138 Å². The van der Waals surface area contributed by atoms with E-state index in [4.69, 9.17) is 16.3 Å². The maximum absolute atomic E-state index is 12.0. The highest BCUT2D eigenvalue weighted by Crippen LogP contribution is 2.31. The molecular formula is C17H16ClN3O2. The van der Waals surface area contributed by atoms with E-state index in [0.29, 0.717) is 11.8 Å². The quantitative estimate of drug-likeness (QED) is 0.725. The van der Waals surface area contributed by atoms with Crippen LogP contribution in [0.25, 0.3) is 10.9 Å². The van der Waals surface area contributed by atoms with Crippen LogP contribution >= 0.6 is 11.6 Å². The Balaban J connectivity index is 2.01. The van der Waals surface area contributed by atoms with Gasteiger partial charge in [-0.1, -0.05) is 23.7 Å². The average molecular weight is 330 g/mol. The summed E-state index contributed by atoms with van der Waals surface area (Å²) in [5, 5.41) is 8.20. The second-order valence-electron chi connectivity index (χ2n) is 5.16. The number of esters is 1. The monoisotopic (exact) mass is 329 g/mol. The maximum Gasteiger partial charge on any atom is 0.306 e. The highest BCUT2D eigenvalue weighted by molar-refractivity contribution is 6.34. The average Bonchev–Trinajstić information content (AvgIpc) is 2.94. The molecule has 0 aliphatic carbocycles. The van der Waals surface area contributed by atoms with Gasteiger partial charge in [-0.15, -0.1) is 0 Å². The Morgan fingerprint density at radius 2 is 2.22 bits per heavy atom. The smallest absolute Gasteiger partial charge is 0.306 e. The predicted octanol–water partition coefficient (Wildman–Crippen LogP) is 3.70. The summed E-state index contributed by atoms with van der Waals surface area (Å²) in [4.78, 5) is 16.2. The molecule has 6 heteroatoms. The van der Waals surface area contributed by atoms with Gasteiger partial charge in [0.2, 0.25) is 0 Å². The van der Waals surface area contributed by atoms with Crippen molar-refractivity contribution in [1.29, 1.82) is 0 Å². The molecule has 2 heterocycles. The Kier molecular flexibility index (Phi) is 4.57. The number of carbonyl (C=O) groups excluding carboxylic acids is 1. The minimum atomic E-state index is -0.236. The molecule has 0 aliphatic heterocycles. The summed E-state index contributed by atoms with van der Waals surface area (Å²) in [5.41, 5.74) is 2.72. The molecule has 1 unspecified atom stereocenters. The van der Waals surface area contributed by atoms with E-state index in [0.717, 1.165) is 22.0 Å². The largest absolute Gasteiger partial charge is 0.466 e. The number of carbonyl (C=O) groups is 1. The van der Waals surface area contributed by atoms with Gasteiger partial charge in [0.1, 0.15) is 5.15 Å². The Bertz CT molecular complexity index is 817. The molecule has 5 nitrogen and oxygen atoms in total. The molecule has 1 atom stereocenters. The summed E-state index contributed by atoms with van der Waals surface area (Å²) in [6.07, 6.45) is 3.73. The zero-order valence-corrected chi connectivity index (χ0v) is 13.4. The normalized spacial score (nSPS) is 12.3. The highest BCUT2D eigenvalue weighted by atomic mass is 35.5. The van der Waals surface area contributed by atoms with Crippen LogP contribution in [-0.4, -0.2) is 27.8 Å². The number of hydrogen-bond acceptors (Lipinski definition) is 4. The second kappa shape index (κ2) is 6.79. The van der Waals surface area contributed by atoms with Gasteiger partial charge < -0.3 is 4.74 Å². The molecule has 3 rings (SSSR count). The van der Waals surface area contributed by atoms with E-state index in [2.05, 4.69) is 15.2 Å². The number of nitrogens with one attached hydrogen (secondary N) is 1. The Morgan fingerprint density at radius 3 is 2.96 bits per heavy atom. The van der Waals surface area contributed by atoms with Crippen LogP contribution < -0.4 is 0 Å². The van der Waals surface area contributed by atoms with Crippen LogP contribution in [0.4, 0.5) is 0 Å². The van der Waals surface area contributed by atoms with Crippen LogP contribution in [0.15, 0.2) is 42.7 Å². The SMILES string of the molecule is CCOC(=O)CC(c1cccnc1)c1ccc2n[nH]c(Cl)c2c1. The van der Waals surface area contributed by atoms with Gasteiger partial charge in [0, 0.05) is 23.7 Å². The number of fused-ring (bicyclic) bond motifs is 1. The first-order valence-electron chi connectivity index (χ1n) is 7.38. The lowest BCUT2D eigenvalue weighted by molar-refractivity contribution is -0.143. The van der Waals surface area contributed by atoms with Crippen molar-refractivity contribution in [3.05, 3.63) is 59.0 Å². The van der Waals surface area contributed by atoms with Crippen LogP contribution in [0.1, 0.15) is 30.4 Å². The first kappa shape index (κ1) is 15.5. The van der Waals surface area contributed by atoms with Crippen molar-refractivity contribution < 1.29 is 9.53 Å².